The summed E-state index contributed by atoms with van der Waals surface area (Å²) in [5, 5.41) is 10.4. The van der Waals surface area contributed by atoms with Crippen LogP contribution in [-0.2, 0) is 10.4 Å². The van der Waals surface area contributed by atoms with E-state index in [1.165, 1.54) is 0 Å². The SMILES string of the molecule is CON1c2ccccc2-n2c(C)nnc2C1(C)C. The first-order chi connectivity index (χ1) is 8.57. The van der Waals surface area contributed by atoms with E-state index in [-0.39, 0.29) is 5.54 Å². The van der Waals surface area contributed by atoms with E-state index in [1.54, 1.807) is 7.11 Å². The molecule has 0 saturated heterocycles. The number of hydroxylamine groups is 1. The van der Waals surface area contributed by atoms with Crippen molar-refractivity contribution in [3.05, 3.63) is 35.9 Å². The molecule has 0 N–H and O–H groups in total. The van der Waals surface area contributed by atoms with Gasteiger partial charge in [0.1, 0.15) is 11.4 Å². The molecule has 0 aliphatic carbocycles. The van der Waals surface area contributed by atoms with Crippen LogP contribution in [-0.4, -0.2) is 21.9 Å². The van der Waals surface area contributed by atoms with Crippen molar-refractivity contribution in [2.75, 3.05) is 12.2 Å². The number of aromatic nitrogens is 3. The second kappa shape index (κ2) is 3.55. The lowest BCUT2D eigenvalue weighted by atomic mass is 9.99. The maximum Gasteiger partial charge on any atom is 0.165 e. The fourth-order valence-electron chi connectivity index (χ4n) is 2.59. The van der Waals surface area contributed by atoms with Gasteiger partial charge in [-0.05, 0) is 32.9 Å². The van der Waals surface area contributed by atoms with E-state index in [9.17, 15) is 0 Å². The van der Waals surface area contributed by atoms with Crippen LogP contribution in [0.3, 0.4) is 0 Å². The Morgan fingerprint density at radius 3 is 2.44 bits per heavy atom. The predicted octanol–water partition coefficient (Wildman–Crippen LogP) is 2.19. The minimum Gasteiger partial charge on any atom is -0.279 e. The van der Waals surface area contributed by atoms with Crippen molar-refractivity contribution in [2.45, 2.75) is 26.3 Å². The molecule has 0 unspecified atom stereocenters. The van der Waals surface area contributed by atoms with Gasteiger partial charge in [0.05, 0.1) is 18.5 Å². The van der Waals surface area contributed by atoms with E-state index in [0.29, 0.717) is 0 Å². The monoisotopic (exact) mass is 244 g/mol. The number of benzene rings is 1. The number of para-hydroxylation sites is 2. The summed E-state index contributed by atoms with van der Waals surface area (Å²) in [5.41, 5.74) is 1.72. The topological polar surface area (TPSA) is 43.2 Å². The third-order valence-corrected chi connectivity index (χ3v) is 3.40. The summed E-state index contributed by atoms with van der Waals surface area (Å²) < 4.78 is 2.09. The number of hydrogen-bond donors (Lipinski definition) is 0. The number of rotatable bonds is 1. The fourth-order valence-corrected chi connectivity index (χ4v) is 2.59. The number of hydrogen-bond acceptors (Lipinski definition) is 4. The van der Waals surface area contributed by atoms with Gasteiger partial charge in [-0.25, -0.2) is 5.06 Å². The second-order valence-electron chi connectivity index (χ2n) is 4.93. The maximum absolute atomic E-state index is 5.55. The van der Waals surface area contributed by atoms with Crippen LogP contribution in [0.5, 0.6) is 0 Å². The van der Waals surface area contributed by atoms with E-state index in [1.807, 2.05) is 30.2 Å². The summed E-state index contributed by atoms with van der Waals surface area (Å²) >= 11 is 0. The van der Waals surface area contributed by atoms with Gasteiger partial charge < -0.3 is 0 Å². The van der Waals surface area contributed by atoms with Crippen molar-refractivity contribution >= 4 is 5.69 Å². The zero-order valence-corrected chi connectivity index (χ0v) is 11.0. The fraction of sp³-hybridized carbons (Fsp3) is 0.385. The lowest BCUT2D eigenvalue weighted by Gasteiger charge is -2.41. The van der Waals surface area contributed by atoms with Gasteiger partial charge in [-0.1, -0.05) is 12.1 Å². The van der Waals surface area contributed by atoms with Gasteiger partial charge in [-0.15, -0.1) is 10.2 Å². The summed E-state index contributed by atoms with van der Waals surface area (Å²) in [4.78, 5) is 5.55. The standard InChI is InChI=1S/C13H16N4O/c1-9-14-15-12-13(2,3)17(18-4)11-8-6-5-7-10(11)16(9)12/h5-8H,1-4H3. The van der Waals surface area contributed by atoms with Gasteiger partial charge in [0.15, 0.2) is 5.82 Å². The van der Waals surface area contributed by atoms with Gasteiger partial charge in [0.2, 0.25) is 0 Å². The lowest BCUT2D eigenvalue weighted by molar-refractivity contribution is 0.0972. The first kappa shape index (κ1) is 11.2. The van der Waals surface area contributed by atoms with Crippen LogP contribution in [0.4, 0.5) is 5.69 Å². The number of nitrogens with zero attached hydrogens (tertiary/aromatic N) is 4. The van der Waals surface area contributed by atoms with E-state index in [2.05, 4.69) is 34.7 Å². The molecular weight excluding hydrogens is 228 g/mol. The van der Waals surface area contributed by atoms with Crippen molar-refractivity contribution < 1.29 is 4.84 Å². The highest BCUT2D eigenvalue weighted by atomic mass is 16.7. The Balaban J connectivity index is 2.36. The zero-order valence-electron chi connectivity index (χ0n) is 11.0. The highest BCUT2D eigenvalue weighted by molar-refractivity contribution is 5.66. The van der Waals surface area contributed by atoms with Crippen molar-refractivity contribution in [3.63, 3.8) is 0 Å². The Hall–Kier alpha value is -1.88. The minimum atomic E-state index is -0.357. The Morgan fingerprint density at radius 1 is 1.11 bits per heavy atom. The lowest BCUT2D eigenvalue weighted by Crippen LogP contribution is -2.46. The Morgan fingerprint density at radius 2 is 1.78 bits per heavy atom. The minimum absolute atomic E-state index is 0.357. The zero-order chi connectivity index (χ0) is 12.9. The van der Waals surface area contributed by atoms with Gasteiger partial charge >= 0.3 is 0 Å². The highest BCUT2D eigenvalue weighted by Crippen LogP contribution is 2.41. The molecule has 5 nitrogen and oxygen atoms in total. The van der Waals surface area contributed by atoms with Crippen molar-refractivity contribution in [1.29, 1.82) is 0 Å². The van der Waals surface area contributed by atoms with Crippen LogP contribution in [0.25, 0.3) is 5.69 Å². The molecule has 2 aromatic rings. The molecule has 0 spiro atoms. The third-order valence-electron chi connectivity index (χ3n) is 3.40. The molecule has 0 fully saturated rings. The highest BCUT2D eigenvalue weighted by Gasteiger charge is 2.41. The first-order valence-corrected chi connectivity index (χ1v) is 5.93. The number of fused-ring (bicyclic) bond motifs is 3. The molecule has 3 rings (SSSR count). The van der Waals surface area contributed by atoms with Crippen LogP contribution in [0.15, 0.2) is 24.3 Å². The maximum atomic E-state index is 5.55. The molecular formula is C13H16N4O. The molecule has 0 saturated carbocycles. The van der Waals surface area contributed by atoms with Gasteiger partial charge in [0, 0.05) is 0 Å². The van der Waals surface area contributed by atoms with E-state index in [4.69, 9.17) is 4.84 Å². The molecule has 1 aromatic carbocycles. The van der Waals surface area contributed by atoms with Crippen LogP contribution >= 0.6 is 0 Å². The first-order valence-electron chi connectivity index (χ1n) is 5.93. The van der Waals surface area contributed by atoms with Crippen LogP contribution in [0.1, 0.15) is 25.5 Å². The summed E-state index contributed by atoms with van der Waals surface area (Å²) in [5.74, 6) is 1.78. The normalized spacial score (nSPS) is 16.3. The smallest absolute Gasteiger partial charge is 0.165 e. The average molecular weight is 244 g/mol. The summed E-state index contributed by atoms with van der Waals surface area (Å²) in [6.45, 7) is 6.12. The van der Waals surface area contributed by atoms with Crippen LogP contribution in [0, 0.1) is 6.92 Å². The van der Waals surface area contributed by atoms with Crippen molar-refractivity contribution in [3.8, 4) is 5.69 Å². The quantitative estimate of drug-likeness (QED) is 0.771. The molecule has 1 aromatic heterocycles. The van der Waals surface area contributed by atoms with Crippen molar-refractivity contribution in [1.82, 2.24) is 14.8 Å². The summed E-state index contributed by atoms with van der Waals surface area (Å²) in [7, 11) is 1.68. The summed E-state index contributed by atoms with van der Waals surface area (Å²) in [6.07, 6.45) is 0. The largest absolute Gasteiger partial charge is 0.279 e. The molecule has 1 aliphatic rings. The van der Waals surface area contributed by atoms with E-state index in [0.717, 1.165) is 23.0 Å². The molecule has 0 radical (unpaired) electrons. The van der Waals surface area contributed by atoms with Crippen LogP contribution in [0.2, 0.25) is 0 Å². The molecule has 0 atom stereocenters. The van der Waals surface area contributed by atoms with E-state index < -0.39 is 0 Å². The Kier molecular flexibility index (Phi) is 2.22. The molecule has 5 heteroatoms. The third kappa shape index (κ3) is 1.25. The Bertz CT molecular complexity index is 603. The van der Waals surface area contributed by atoms with Gasteiger partial charge in [-0.3, -0.25) is 9.40 Å². The van der Waals surface area contributed by atoms with E-state index >= 15 is 0 Å². The molecule has 2 heterocycles. The van der Waals surface area contributed by atoms with Crippen molar-refractivity contribution in [2.24, 2.45) is 0 Å². The number of anilines is 1. The van der Waals surface area contributed by atoms with Gasteiger partial charge in [-0.2, -0.15) is 0 Å². The molecule has 0 bridgehead atoms. The second-order valence-corrected chi connectivity index (χ2v) is 4.93. The van der Waals surface area contributed by atoms with Gasteiger partial charge in [0.25, 0.3) is 0 Å². The molecule has 1 aliphatic heterocycles. The average Bonchev–Trinajstić information content (AvgIpc) is 2.73. The predicted molar refractivity (Wildman–Crippen MR) is 68.6 cm³/mol. The molecule has 0 amide bonds. The molecule has 18 heavy (non-hydrogen) atoms. The molecule has 94 valence electrons. The Labute approximate surface area is 106 Å². The van der Waals surface area contributed by atoms with Crippen LogP contribution < -0.4 is 5.06 Å². The number of aryl methyl sites for hydroxylation is 1. The summed E-state index contributed by atoms with van der Waals surface area (Å²) in [6, 6.07) is 8.11.